The van der Waals surface area contributed by atoms with Crippen molar-refractivity contribution in [2.45, 2.75) is 18.2 Å². The van der Waals surface area contributed by atoms with Crippen LogP contribution < -0.4 is 4.74 Å². The molecule has 8 nitrogen and oxygen atoms in total. The third-order valence-electron chi connectivity index (χ3n) is 5.47. The number of piperazine rings is 1. The second kappa shape index (κ2) is 11.0. The van der Waals surface area contributed by atoms with Crippen LogP contribution in [0.2, 0.25) is 5.02 Å². The molecule has 33 heavy (non-hydrogen) atoms. The molecule has 178 valence electrons. The zero-order valence-corrected chi connectivity index (χ0v) is 20.3. The summed E-state index contributed by atoms with van der Waals surface area (Å²) < 4.78 is 32.8. The standard InChI is InChI=1S/C23H28ClN3O5S/c1-18(28)26-12-14-27(15-13-26)33(30,31)22-9-7-19(8-10-22)23(29)25(2)11-4-16-32-21-6-3-5-20(24)17-21/h3,5-10,17H,4,11-16H2,1-2H3. The van der Waals surface area contributed by atoms with Crippen LogP contribution in [0.4, 0.5) is 0 Å². The van der Waals surface area contributed by atoms with Crippen molar-refractivity contribution in [3.63, 3.8) is 0 Å². The molecule has 3 rings (SSSR count). The molecular formula is C23H28ClN3O5S. The van der Waals surface area contributed by atoms with Crippen molar-refractivity contribution in [1.82, 2.24) is 14.1 Å². The molecule has 0 aliphatic carbocycles. The first-order chi connectivity index (χ1) is 15.7. The number of hydrogen-bond acceptors (Lipinski definition) is 5. The second-order valence-electron chi connectivity index (χ2n) is 7.82. The maximum atomic E-state index is 12.9. The van der Waals surface area contributed by atoms with E-state index in [1.807, 2.05) is 12.1 Å². The number of nitrogens with zero attached hydrogens (tertiary/aromatic N) is 3. The molecule has 1 saturated heterocycles. The topological polar surface area (TPSA) is 87.2 Å². The summed E-state index contributed by atoms with van der Waals surface area (Å²) in [7, 11) is -1.98. The molecule has 1 fully saturated rings. The predicted octanol–water partition coefficient (Wildman–Crippen LogP) is 2.73. The molecule has 1 aliphatic rings. The third-order valence-corrected chi connectivity index (χ3v) is 7.62. The molecule has 0 N–H and O–H groups in total. The molecule has 0 bridgehead atoms. The number of sulfonamides is 1. The van der Waals surface area contributed by atoms with Gasteiger partial charge < -0.3 is 14.5 Å². The Bertz CT molecular complexity index is 1080. The summed E-state index contributed by atoms with van der Waals surface area (Å²) in [6, 6.07) is 13.1. The van der Waals surface area contributed by atoms with E-state index in [1.165, 1.54) is 35.5 Å². The molecule has 1 heterocycles. The first-order valence-corrected chi connectivity index (χ1v) is 12.5. The van der Waals surface area contributed by atoms with Crippen LogP contribution in [-0.2, 0) is 14.8 Å². The minimum Gasteiger partial charge on any atom is -0.493 e. The maximum absolute atomic E-state index is 12.9. The minimum atomic E-state index is -3.68. The van der Waals surface area contributed by atoms with Crippen LogP contribution in [0.3, 0.4) is 0 Å². The molecule has 0 spiro atoms. The summed E-state index contributed by atoms with van der Waals surface area (Å²) in [5.41, 5.74) is 0.411. The van der Waals surface area contributed by atoms with E-state index in [1.54, 1.807) is 29.0 Å². The van der Waals surface area contributed by atoms with Gasteiger partial charge in [-0.05, 0) is 48.9 Å². The number of carbonyl (C=O) groups is 2. The van der Waals surface area contributed by atoms with Crippen LogP contribution in [0, 0.1) is 0 Å². The number of benzene rings is 2. The van der Waals surface area contributed by atoms with E-state index in [2.05, 4.69) is 0 Å². The Morgan fingerprint density at radius 3 is 2.33 bits per heavy atom. The fraction of sp³-hybridized carbons (Fsp3) is 0.391. The van der Waals surface area contributed by atoms with Gasteiger partial charge in [0, 0.05) is 57.3 Å². The molecular weight excluding hydrogens is 466 g/mol. The molecule has 0 unspecified atom stereocenters. The van der Waals surface area contributed by atoms with Crippen molar-refractivity contribution in [2.24, 2.45) is 0 Å². The SMILES string of the molecule is CC(=O)N1CCN(S(=O)(=O)c2ccc(C(=O)N(C)CCCOc3cccc(Cl)c3)cc2)CC1. The normalized spacial score (nSPS) is 14.7. The minimum absolute atomic E-state index is 0.0601. The van der Waals surface area contributed by atoms with Crippen LogP contribution in [0.1, 0.15) is 23.7 Å². The smallest absolute Gasteiger partial charge is 0.253 e. The van der Waals surface area contributed by atoms with Gasteiger partial charge in [-0.1, -0.05) is 17.7 Å². The van der Waals surface area contributed by atoms with Crippen molar-refractivity contribution >= 4 is 33.4 Å². The summed E-state index contributed by atoms with van der Waals surface area (Å²) >= 11 is 5.93. The first-order valence-electron chi connectivity index (χ1n) is 10.7. The molecule has 2 amide bonds. The molecule has 0 atom stereocenters. The van der Waals surface area contributed by atoms with E-state index < -0.39 is 10.0 Å². The summed E-state index contributed by atoms with van der Waals surface area (Å²) in [5.74, 6) is 0.419. The Kier molecular flexibility index (Phi) is 8.34. The quantitative estimate of drug-likeness (QED) is 0.528. The monoisotopic (exact) mass is 493 g/mol. The van der Waals surface area contributed by atoms with Gasteiger partial charge >= 0.3 is 0 Å². The molecule has 1 aliphatic heterocycles. The van der Waals surface area contributed by atoms with E-state index in [9.17, 15) is 18.0 Å². The van der Waals surface area contributed by atoms with Gasteiger partial charge in [-0.2, -0.15) is 4.31 Å². The van der Waals surface area contributed by atoms with Crippen molar-refractivity contribution in [2.75, 3.05) is 46.4 Å². The Hall–Kier alpha value is -2.62. The van der Waals surface area contributed by atoms with Gasteiger partial charge in [-0.15, -0.1) is 0 Å². The largest absolute Gasteiger partial charge is 0.493 e. The van der Waals surface area contributed by atoms with Crippen molar-refractivity contribution in [3.05, 3.63) is 59.1 Å². The average molecular weight is 494 g/mol. The predicted molar refractivity (Wildman–Crippen MR) is 126 cm³/mol. The maximum Gasteiger partial charge on any atom is 0.253 e. The Morgan fingerprint density at radius 2 is 1.73 bits per heavy atom. The molecule has 0 saturated carbocycles. The molecule has 0 radical (unpaired) electrons. The highest BCUT2D eigenvalue weighted by Gasteiger charge is 2.29. The number of carbonyl (C=O) groups excluding carboxylic acids is 2. The van der Waals surface area contributed by atoms with E-state index in [-0.39, 0.29) is 29.8 Å². The van der Waals surface area contributed by atoms with Gasteiger partial charge in [0.1, 0.15) is 5.75 Å². The number of amides is 2. The van der Waals surface area contributed by atoms with Gasteiger partial charge in [0.05, 0.1) is 11.5 Å². The molecule has 2 aromatic carbocycles. The summed E-state index contributed by atoms with van der Waals surface area (Å²) in [4.78, 5) is 27.5. The third kappa shape index (κ3) is 6.46. The van der Waals surface area contributed by atoms with Crippen molar-refractivity contribution < 1.29 is 22.7 Å². The highest BCUT2D eigenvalue weighted by molar-refractivity contribution is 7.89. The molecule has 0 aromatic heterocycles. The highest BCUT2D eigenvalue weighted by atomic mass is 35.5. The number of ether oxygens (including phenoxy) is 1. The van der Waals surface area contributed by atoms with Crippen LogP contribution in [-0.4, -0.2) is 80.7 Å². The van der Waals surface area contributed by atoms with Crippen LogP contribution in [0.25, 0.3) is 0 Å². The zero-order chi connectivity index (χ0) is 24.0. The van der Waals surface area contributed by atoms with Gasteiger partial charge in [0.2, 0.25) is 15.9 Å². The van der Waals surface area contributed by atoms with E-state index in [4.69, 9.17) is 16.3 Å². The van der Waals surface area contributed by atoms with E-state index >= 15 is 0 Å². The fourth-order valence-electron chi connectivity index (χ4n) is 3.53. The summed E-state index contributed by atoms with van der Waals surface area (Å²) in [6.45, 7) is 3.65. The van der Waals surface area contributed by atoms with Gasteiger partial charge in [-0.25, -0.2) is 8.42 Å². The fourth-order valence-corrected chi connectivity index (χ4v) is 5.13. The van der Waals surface area contributed by atoms with Crippen LogP contribution >= 0.6 is 11.6 Å². The van der Waals surface area contributed by atoms with Crippen LogP contribution in [0.15, 0.2) is 53.4 Å². The Balaban J connectivity index is 1.52. The molecule has 2 aromatic rings. The van der Waals surface area contributed by atoms with E-state index in [0.29, 0.717) is 49.0 Å². The lowest BCUT2D eigenvalue weighted by Gasteiger charge is -2.33. The number of rotatable bonds is 8. The summed E-state index contributed by atoms with van der Waals surface area (Å²) in [6.07, 6.45) is 0.632. The number of halogens is 1. The lowest BCUT2D eigenvalue weighted by atomic mass is 10.2. The van der Waals surface area contributed by atoms with Gasteiger partial charge in [-0.3, -0.25) is 9.59 Å². The zero-order valence-electron chi connectivity index (χ0n) is 18.7. The van der Waals surface area contributed by atoms with E-state index in [0.717, 1.165) is 0 Å². The Morgan fingerprint density at radius 1 is 1.06 bits per heavy atom. The summed E-state index contributed by atoms with van der Waals surface area (Å²) in [5, 5.41) is 0.601. The lowest BCUT2D eigenvalue weighted by Crippen LogP contribution is -2.49. The second-order valence-corrected chi connectivity index (χ2v) is 10.2. The lowest BCUT2D eigenvalue weighted by molar-refractivity contribution is -0.129. The van der Waals surface area contributed by atoms with Crippen LogP contribution in [0.5, 0.6) is 5.75 Å². The average Bonchev–Trinajstić information content (AvgIpc) is 2.81. The number of hydrogen-bond donors (Lipinski definition) is 0. The van der Waals surface area contributed by atoms with Crippen molar-refractivity contribution in [1.29, 1.82) is 0 Å². The van der Waals surface area contributed by atoms with Gasteiger partial charge in [0.25, 0.3) is 5.91 Å². The highest BCUT2D eigenvalue weighted by Crippen LogP contribution is 2.20. The Labute approximate surface area is 199 Å². The van der Waals surface area contributed by atoms with Gasteiger partial charge in [0.15, 0.2) is 0 Å². The van der Waals surface area contributed by atoms with Crippen molar-refractivity contribution in [3.8, 4) is 5.75 Å². The molecule has 10 heteroatoms. The first kappa shape index (κ1) is 25.0.